The second kappa shape index (κ2) is 5.71. The highest BCUT2D eigenvalue weighted by molar-refractivity contribution is 5.97. The quantitative estimate of drug-likeness (QED) is 0.810. The summed E-state index contributed by atoms with van der Waals surface area (Å²) in [5.74, 6) is 0.297. The lowest BCUT2D eigenvalue weighted by atomic mass is 10.2. The number of hydrogen-bond acceptors (Lipinski definition) is 5. The Balaban J connectivity index is 2.29. The van der Waals surface area contributed by atoms with Gasteiger partial charge in [0.2, 0.25) is 0 Å². The summed E-state index contributed by atoms with van der Waals surface area (Å²) < 4.78 is 4.72. The third-order valence-corrected chi connectivity index (χ3v) is 3.28. The topological polar surface area (TPSA) is 68.5 Å². The summed E-state index contributed by atoms with van der Waals surface area (Å²) in [5.41, 5.74) is 6.85. The van der Waals surface area contributed by atoms with Crippen LogP contribution in [0, 0.1) is 0 Å². The first-order valence-electron chi connectivity index (χ1n) is 6.32. The Morgan fingerprint density at radius 2 is 2.00 bits per heavy atom. The van der Waals surface area contributed by atoms with E-state index in [2.05, 4.69) is 9.88 Å². The first kappa shape index (κ1) is 12.7. The molecule has 1 aliphatic heterocycles. The summed E-state index contributed by atoms with van der Waals surface area (Å²) in [6.07, 6.45) is 6.39. The molecule has 1 aromatic rings. The Labute approximate surface area is 107 Å². The normalized spacial score (nSPS) is 16.2. The van der Waals surface area contributed by atoms with Gasteiger partial charge in [0.15, 0.2) is 5.82 Å². The van der Waals surface area contributed by atoms with Crippen LogP contribution < -0.4 is 10.6 Å². The van der Waals surface area contributed by atoms with E-state index >= 15 is 0 Å². The summed E-state index contributed by atoms with van der Waals surface area (Å²) in [6.45, 7) is 1.89. The Morgan fingerprint density at radius 1 is 1.33 bits per heavy atom. The van der Waals surface area contributed by atoms with Crippen LogP contribution in [-0.2, 0) is 4.74 Å². The average molecular weight is 249 g/mol. The summed E-state index contributed by atoms with van der Waals surface area (Å²) in [6, 6.07) is 1.60. The second-order valence-electron chi connectivity index (χ2n) is 4.49. The molecule has 0 spiro atoms. The molecule has 5 heteroatoms. The standard InChI is InChI=1S/C13H19N3O2/c1-18-13(17)10-6-7-15-12(11(10)14)16-8-4-2-3-5-9-16/h6-7H,2-5,8-9,14H2,1H3. The lowest BCUT2D eigenvalue weighted by Crippen LogP contribution is -2.26. The number of rotatable bonds is 2. The van der Waals surface area contributed by atoms with Gasteiger partial charge >= 0.3 is 5.97 Å². The first-order chi connectivity index (χ1) is 8.74. The van der Waals surface area contributed by atoms with E-state index in [1.807, 2.05) is 0 Å². The molecule has 1 aromatic heterocycles. The summed E-state index contributed by atoms with van der Waals surface area (Å²) in [5, 5.41) is 0. The molecule has 0 unspecified atom stereocenters. The fourth-order valence-electron chi connectivity index (χ4n) is 2.28. The highest BCUT2D eigenvalue weighted by atomic mass is 16.5. The van der Waals surface area contributed by atoms with Crippen molar-refractivity contribution in [3.63, 3.8) is 0 Å². The molecule has 0 amide bonds. The third-order valence-electron chi connectivity index (χ3n) is 3.28. The molecule has 0 bridgehead atoms. The van der Waals surface area contributed by atoms with Crippen molar-refractivity contribution in [1.29, 1.82) is 0 Å². The molecule has 98 valence electrons. The lowest BCUT2D eigenvalue weighted by molar-refractivity contribution is 0.0602. The van der Waals surface area contributed by atoms with Crippen molar-refractivity contribution in [2.75, 3.05) is 30.8 Å². The molecule has 18 heavy (non-hydrogen) atoms. The number of carbonyl (C=O) groups excluding carboxylic acids is 1. The molecule has 0 aliphatic carbocycles. The molecule has 5 nitrogen and oxygen atoms in total. The molecule has 1 saturated heterocycles. The minimum atomic E-state index is -0.411. The maximum atomic E-state index is 11.6. The van der Waals surface area contributed by atoms with E-state index in [0.717, 1.165) is 25.9 Å². The predicted molar refractivity (Wildman–Crippen MR) is 70.7 cm³/mol. The zero-order chi connectivity index (χ0) is 13.0. The fraction of sp³-hybridized carbons (Fsp3) is 0.538. The van der Waals surface area contributed by atoms with Gasteiger partial charge in [-0.25, -0.2) is 9.78 Å². The molecular formula is C13H19N3O2. The van der Waals surface area contributed by atoms with Crippen molar-refractivity contribution in [2.24, 2.45) is 0 Å². The smallest absolute Gasteiger partial charge is 0.340 e. The van der Waals surface area contributed by atoms with E-state index < -0.39 is 5.97 Å². The van der Waals surface area contributed by atoms with Crippen LogP contribution in [-0.4, -0.2) is 31.2 Å². The maximum absolute atomic E-state index is 11.6. The van der Waals surface area contributed by atoms with Gasteiger partial charge in [-0.2, -0.15) is 0 Å². The summed E-state index contributed by atoms with van der Waals surface area (Å²) >= 11 is 0. The SMILES string of the molecule is COC(=O)c1ccnc(N2CCCCCC2)c1N. The van der Waals surface area contributed by atoms with Gasteiger partial charge in [-0.1, -0.05) is 12.8 Å². The van der Waals surface area contributed by atoms with Crippen LogP contribution in [0.2, 0.25) is 0 Å². The molecule has 1 fully saturated rings. The van der Waals surface area contributed by atoms with Gasteiger partial charge in [-0.3, -0.25) is 0 Å². The van der Waals surface area contributed by atoms with Gasteiger partial charge < -0.3 is 15.4 Å². The van der Waals surface area contributed by atoms with Crippen LogP contribution in [0.4, 0.5) is 11.5 Å². The maximum Gasteiger partial charge on any atom is 0.340 e. The van der Waals surface area contributed by atoms with Crippen molar-refractivity contribution in [1.82, 2.24) is 4.98 Å². The van der Waals surface area contributed by atoms with E-state index in [-0.39, 0.29) is 0 Å². The average Bonchev–Trinajstić information content (AvgIpc) is 2.67. The van der Waals surface area contributed by atoms with Crippen LogP contribution in [0.25, 0.3) is 0 Å². The largest absolute Gasteiger partial charge is 0.465 e. The second-order valence-corrected chi connectivity index (χ2v) is 4.49. The van der Waals surface area contributed by atoms with Crippen LogP contribution in [0.3, 0.4) is 0 Å². The number of pyridine rings is 1. The first-order valence-corrected chi connectivity index (χ1v) is 6.32. The van der Waals surface area contributed by atoms with Crippen molar-refractivity contribution >= 4 is 17.5 Å². The van der Waals surface area contributed by atoms with Gasteiger partial charge in [-0.15, -0.1) is 0 Å². The zero-order valence-electron chi connectivity index (χ0n) is 10.7. The summed E-state index contributed by atoms with van der Waals surface area (Å²) in [7, 11) is 1.35. The molecule has 2 rings (SSSR count). The Kier molecular flexibility index (Phi) is 4.02. The van der Waals surface area contributed by atoms with Crippen LogP contribution in [0.5, 0.6) is 0 Å². The van der Waals surface area contributed by atoms with Crippen LogP contribution in [0.1, 0.15) is 36.0 Å². The number of anilines is 2. The molecule has 2 heterocycles. The van der Waals surface area contributed by atoms with E-state index in [1.165, 1.54) is 20.0 Å². The minimum Gasteiger partial charge on any atom is -0.465 e. The van der Waals surface area contributed by atoms with Gasteiger partial charge in [0.05, 0.1) is 18.4 Å². The van der Waals surface area contributed by atoms with E-state index in [1.54, 1.807) is 12.3 Å². The van der Waals surface area contributed by atoms with E-state index in [9.17, 15) is 4.79 Å². The minimum absolute atomic E-state index is 0.395. The highest BCUT2D eigenvalue weighted by Gasteiger charge is 2.19. The summed E-state index contributed by atoms with van der Waals surface area (Å²) in [4.78, 5) is 18.1. The van der Waals surface area contributed by atoms with Gasteiger partial charge in [0.25, 0.3) is 0 Å². The van der Waals surface area contributed by atoms with Crippen molar-refractivity contribution in [3.05, 3.63) is 17.8 Å². The molecule has 0 radical (unpaired) electrons. The number of methoxy groups -OCH3 is 1. The Hall–Kier alpha value is -1.78. The third kappa shape index (κ3) is 2.55. The molecule has 0 aromatic carbocycles. The number of hydrogen-bond donors (Lipinski definition) is 1. The predicted octanol–water partition coefficient (Wildman–Crippen LogP) is 1.83. The van der Waals surface area contributed by atoms with Crippen molar-refractivity contribution < 1.29 is 9.53 Å². The number of nitrogens with two attached hydrogens (primary N) is 1. The van der Waals surface area contributed by atoms with Crippen LogP contribution >= 0.6 is 0 Å². The van der Waals surface area contributed by atoms with Gasteiger partial charge in [0.1, 0.15) is 0 Å². The number of esters is 1. The Bertz CT molecular complexity index is 426. The zero-order valence-corrected chi connectivity index (χ0v) is 10.7. The Morgan fingerprint density at radius 3 is 2.61 bits per heavy atom. The fourth-order valence-corrected chi connectivity index (χ4v) is 2.28. The number of carbonyl (C=O) groups is 1. The highest BCUT2D eigenvalue weighted by Crippen LogP contribution is 2.26. The number of aromatic nitrogens is 1. The number of nitrogen functional groups attached to an aromatic ring is 1. The molecule has 2 N–H and O–H groups in total. The van der Waals surface area contributed by atoms with E-state index in [4.69, 9.17) is 10.5 Å². The van der Waals surface area contributed by atoms with E-state index in [0.29, 0.717) is 17.1 Å². The molecule has 0 atom stereocenters. The van der Waals surface area contributed by atoms with Gasteiger partial charge in [-0.05, 0) is 18.9 Å². The van der Waals surface area contributed by atoms with Gasteiger partial charge in [0, 0.05) is 19.3 Å². The van der Waals surface area contributed by atoms with Crippen molar-refractivity contribution in [2.45, 2.75) is 25.7 Å². The van der Waals surface area contributed by atoms with Crippen molar-refractivity contribution in [3.8, 4) is 0 Å². The molecule has 1 aliphatic rings. The monoisotopic (exact) mass is 249 g/mol. The number of nitrogens with zero attached hydrogens (tertiary/aromatic N) is 2. The number of ether oxygens (including phenoxy) is 1. The molecular weight excluding hydrogens is 230 g/mol. The van der Waals surface area contributed by atoms with Crippen LogP contribution in [0.15, 0.2) is 12.3 Å². The molecule has 0 saturated carbocycles. The lowest BCUT2D eigenvalue weighted by Gasteiger charge is -2.23.